The molecule has 0 bridgehead atoms. The molecule has 2 rings (SSSR count). The molecule has 0 saturated heterocycles. The van der Waals surface area contributed by atoms with Crippen molar-refractivity contribution >= 4 is 28.2 Å². The van der Waals surface area contributed by atoms with E-state index in [1.165, 1.54) is 21.9 Å². The Hall–Kier alpha value is -2.22. The van der Waals surface area contributed by atoms with Crippen molar-refractivity contribution in [3.05, 3.63) is 33.2 Å². The van der Waals surface area contributed by atoms with Crippen molar-refractivity contribution in [2.75, 3.05) is 0 Å². The lowest BCUT2D eigenvalue weighted by atomic mass is 9.88. The third-order valence-electron chi connectivity index (χ3n) is 4.08. The molecule has 124 valence electrons. The summed E-state index contributed by atoms with van der Waals surface area (Å²) in [5, 5.41) is 13.6. The van der Waals surface area contributed by atoms with Crippen molar-refractivity contribution in [3.8, 4) is 0 Å². The van der Waals surface area contributed by atoms with Crippen LogP contribution in [-0.4, -0.2) is 31.9 Å². The van der Waals surface area contributed by atoms with Gasteiger partial charge < -0.3 is 10.4 Å². The largest absolute Gasteiger partial charge is 0.481 e. The summed E-state index contributed by atoms with van der Waals surface area (Å²) in [6, 6.07) is 0. The van der Waals surface area contributed by atoms with Gasteiger partial charge in [-0.05, 0) is 19.8 Å². The smallest absolute Gasteiger partial charge is 0.305 e. The molecule has 0 aliphatic heterocycles. The van der Waals surface area contributed by atoms with E-state index in [4.69, 9.17) is 5.11 Å². The Kier molecular flexibility index (Phi) is 4.84. The second-order valence-electron chi connectivity index (χ2n) is 5.48. The van der Waals surface area contributed by atoms with Crippen molar-refractivity contribution < 1.29 is 14.7 Å². The Labute approximate surface area is 137 Å². The van der Waals surface area contributed by atoms with Crippen molar-refractivity contribution in [2.24, 2.45) is 0 Å². The fourth-order valence-electron chi connectivity index (χ4n) is 2.50. The van der Waals surface area contributed by atoms with Crippen LogP contribution in [0.5, 0.6) is 0 Å². The van der Waals surface area contributed by atoms with Crippen molar-refractivity contribution in [3.63, 3.8) is 0 Å². The van der Waals surface area contributed by atoms with E-state index in [1.54, 1.807) is 12.3 Å². The van der Waals surface area contributed by atoms with Crippen LogP contribution in [0.1, 0.15) is 49.2 Å². The van der Waals surface area contributed by atoms with Crippen molar-refractivity contribution in [1.29, 1.82) is 0 Å². The molecule has 0 unspecified atom stereocenters. The highest BCUT2D eigenvalue weighted by molar-refractivity contribution is 7.15. The number of aliphatic carboxylic acids is 1. The van der Waals surface area contributed by atoms with Crippen LogP contribution in [0.3, 0.4) is 0 Å². The summed E-state index contributed by atoms with van der Waals surface area (Å²) in [7, 11) is 0. The highest BCUT2D eigenvalue weighted by atomic mass is 32.1. The van der Waals surface area contributed by atoms with E-state index in [0.717, 1.165) is 0 Å². The topological polar surface area (TPSA) is 101 Å². The monoisotopic (exact) mass is 337 g/mol. The second-order valence-corrected chi connectivity index (χ2v) is 6.32. The van der Waals surface area contributed by atoms with Gasteiger partial charge in [0, 0.05) is 17.3 Å². The Balaban J connectivity index is 2.40. The third kappa shape index (κ3) is 3.26. The number of carbonyl (C=O) groups is 2. The molecule has 23 heavy (non-hydrogen) atoms. The van der Waals surface area contributed by atoms with E-state index in [0.29, 0.717) is 23.5 Å². The van der Waals surface area contributed by atoms with E-state index < -0.39 is 23.0 Å². The Morgan fingerprint density at radius 2 is 2.04 bits per heavy atom. The van der Waals surface area contributed by atoms with Gasteiger partial charge in [-0.2, -0.15) is 0 Å². The Morgan fingerprint density at radius 3 is 2.61 bits per heavy atom. The van der Waals surface area contributed by atoms with E-state index in [9.17, 15) is 14.4 Å². The molecule has 0 aliphatic rings. The number of amides is 1. The number of aryl methyl sites for hydroxylation is 1. The van der Waals surface area contributed by atoms with Crippen LogP contribution in [0, 0.1) is 6.92 Å². The minimum Gasteiger partial charge on any atom is -0.481 e. The summed E-state index contributed by atoms with van der Waals surface area (Å²) in [5.41, 5.74) is -0.693. The van der Waals surface area contributed by atoms with Gasteiger partial charge in [0.2, 0.25) is 0 Å². The van der Waals surface area contributed by atoms with Gasteiger partial charge in [0.1, 0.15) is 5.56 Å². The zero-order valence-electron chi connectivity index (χ0n) is 13.3. The summed E-state index contributed by atoms with van der Waals surface area (Å²) < 4.78 is 1.39. The van der Waals surface area contributed by atoms with E-state index >= 15 is 0 Å². The average Bonchev–Trinajstić information content (AvgIpc) is 2.88. The standard InChI is InChI=1S/C15H19N3O4S/c1-4-15(5-2,6-11(19)20)17-12(21)10-7-16-14-18(13(10)22)9(3)8-23-14/h7-8H,4-6H2,1-3H3,(H,17,21)(H,19,20). The minimum atomic E-state index is -0.993. The molecule has 7 nitrogen and oxygen atoms in total. The molecule has 1 amide bonds. The number of aromatic nitrogens is 2. The fourth-order valence-corrected chi connectivity index (χ4v) is 3.33. The molecule has 0 radical (unpaired) electrons. The third-order valence-corrected chi connectivity index (χ3v) is 5.04. The summed E-state index contributed by atoms with van der Waals surface area (Å²) in [5.74, 6) is -1.58. The van der Waals surface area contributed by atoms with E-state index in [1.807, 2.05) is 13.8 Å². The molecule has 2 aromatic rings. The lowest BCUT2D eigenvalue weighted by Gasteiger charge is -2.31. The number of thiazole rings is 1. The molecule has 0 aliphatic carbocycles. The van der Waals surface area contributed by atoms with Gasteiger partial charge in [0.05, 0.1) is 12.0 Å². The van der Waals surface area contributed by atoms with Gasteiger partial charge in [-0.15, -0.1) is 11.3 Å². The van der Waals surface area contributed by atoms with Crippen LogP contribution in [0.2, 0.25) is 0 Å². The summed E-state index contributed by atoms with van der Waals surface area (Å²) in [4.78, 5) is 40.7. The molecule has 2 heterocycles. The number of hydrogen-bond donors (Lipinski definition) is 2. The van der Waals surface area contributed by atoms with Gasteiger partial charge in [0.25, 0.3) is 11.5 Å². The Morgan fingerprint density at radius 1 is 1.39 bits per heavy atom. The predicted octanol–water partition coefficient (Wildman–Crippen LogP) is 1.83. The molecule has 0 spiro atoms. The van der Waals surface area contributed by atoms with Crippen LogP contribution in [-0.2, 0) is 4.79 Å². The van der Waals surface area contributed by atoms with Crippen LogP contribution in [0.25, 0.3) is 4.96 Å². The van der Waals surface area contributed by atoms with Crippen LogP contribution in [0.4, 0.5) is 0 Å². The molecule has 2 N–H and O–H groups in total. The van der Waals surface area contributed by atoms with Gasteiger partial charge in [-0.3, -0.25) is 18.8 Å². The van der Waals surface area contributed by atoms with Crippen molar-refractivity contribution in [1.82, 2.24) is 14.7 Å². The maximum atomic E-state index is 12.5. The first-order valence-corrected chi connectivity index (χ1v) is 8.21. The highest BCUT2D eigenvalue weighted by Crippen LogP contribution is 2.20. The number of carboxylic acids is 1. The number of carboxylic acid groups (broad SMARTS) is 1. The molecule has 2 aromatic heterocycles. The van der Waals surface area contributed by atoms with Gasteiger partial charge >= 0.3 is 5.97 Å². The highest BCUT2D eigenvalue weighted by Gasteiger charge is 2.32. The lowest BCUT2D eigenvalue weighted by molar-refractivity contribution is -0.138. The summed E-state index contributed by atoms with van der Waals surface area (Å²) >= 11 is 1.32. The molecular formula is C15H19N3O4S. The number of nitrogens with one attached hydrogen (secondary N) is 1. The van der Waals surface area contributed by atoms with Crippen LogP contribution < -0.4 is 10.9 Å². The maximum Gasteiger partial charge on any atom is 0.305 e. The molecule has 0 saturated carbocycles. The number of nitrogens with zero attached hydrogens (tertiary/aromatic N) is 2. The minimum absolute atomic E-state index is 0.0827. The molecule has 0 fully saturated rings. The molecule has 8 heteroatoms. The first-order valence-electron chi connectivity index (χ1n) is 7.33. The quantitative estimate of drug-likeness (QED) is 0.837. The second kappa shape index (κ2) is 6.49. The van der Waals surface area contributed by atoms with Crippen LogP contribution in [0.15, 0.2) is 16.4 Å². The first-order chi connectivity index (χ1) is 10.8. The maximum absolute atomic E-state index is 12.5. The normalized spacial score (nSPS) is 11.6. The molecular weight excluding hydrogens is 318 g/mol. The molecule has 0 atom stereocenters. The number of hydrogen-bond acceptors (Lipinski definition) is 5. The predicted molar refractivity (Wildman–Crippen MR) is 87.1 cm³/mol. The number of fused-ring (bicyclic) bond motifs is 1. The Bertz CT molecular complexity index is 805. The summed E-state index contributed by atoms with van der Waals surface area (Å²) in [6.07, 6.45) is 1.96. The van der Waals surface area contributed by atoms with Gasteiger partial charge in [-0.1, -0.05) is 13.8 Å². The zero-order valence-corrected chi connectivity index (χ0v) is 14.1. The van der Waals surface area contributed by atoms with E-state index in [-0.39, 0.29) is 12.0 Å². The average molecular weight is 337 g/mol. The molecule has 0 aromatic carbocycles. The number of carbonyl (C=O) groups excluding carboxylic acids is 1. The number of rotatable bonds is 6. The summed E-state index contributed by atoms with van der Waals surface area (Å²) in [6.45, 7) is 5.38. The van der Waals surface area contributed by atoms with Crippen LogP contribution >= 0.6 is 11.3 Å². The zero-order chi connectivity index (χ0) is 17.2. The van der Waals surface area contributed by atoms with E-state index in [2.05, 4.69) is 10.3 Å². The van der Waals surface area contributed by atoms with Crippen molar-refractivity contribution in [2.45, 2.75) is 45.6 Å². The van der Waals surface area contributed by atoms with Gasteiger partial charge in [-0.25, -0.2) is 4.98 Å². The lowest BCUT2D eigenvalue weighted by Crippen LogP contribution is -2.50. The first kappa shape index (κ1) is 17.1. The fraction of sp³-hybridized carbons (Fsp3) is 0.467. The SMILES string of the molecule is CCC(CC)(CC(=O)O)NC(=O)c1cnc2scc(C)n2c1=O. The van der Waals surface area contributed by atoms with Gasteiger partial charge in [0.15, 0.2) is 4.96 Å².